The molecule has 126 valence electrons. The lowest BCUT2D eigenvalue weighted by Gasteiger charge is -2.35. The highest BCUT2D eigenvalue weighted by atomic mass is 19.2. The van der Waals surface area contributed by atoms with E-state index in [-0.39, 0.29) is 12.1 Å². The maximum absolute atomic E-state index is 14.3. The summed E-state index contributed by atoms with van der Waals surface area (Å²) in [5.41, 5.74) is 1.11. The molecule has 0 radical (unpaired) electrons. The van der Waals surface area contributed by atoms with Crippen LogP contribution >= 0.6 is 0 Å². The Bertz CT molecular complexity index is 793. The van der Waals surface area contributed by atoms with Gasteiger partial charge in [0.05, 0.1) is 12.0 Å². The average molecular weight is 336 g/mol. The molecular formula is C15H14F2N4O3. The van der Waals surface area contributed by atoms with E-state index in [4.69, 9.17) is 5.11 Å². The molecule has 2 aromatic rings. The third kappa shape index (κ3) is 2.80. The number of fused-ring (bicyclic) bond motifs is 1. The summed E-state index contributed by atoms with van der Waals surface area (Å²) >= 11 is 0. The Kier molecular flexibility index (Phi) is 4.15. The lowest BCUT2D eigenvalue weighted by Crippen LogP contribution is -2.47. The Morgan fingerprint density at radius 1 is 1.42 bits per heavy atom. The number of carboxylic acid groups (broad SMARTS) is 1. The largest absolute Gasteiger partial charge is 0.480 e. The fraction of sp³-hybridized carbons (Fsp3) is 0.267. The van der Waals surface area contributed by atoms with Crippen molar-refractivity contribution in [1.29, 1.82) is 0 Å². The highest BCUT2D eigenvalue weighted by Crippen LogP contribution is 2.35. The number of aromatic nitrogens is 2. The van der Waals surface area contributed by atoms with E-state index in [1.54, 1.807) is 0 Å². The zero-order valence-corrected chi connectivity index (χ0v) is 12.4. The van der Waals surface area contributed by atoms with Gasteiger partial charge in [-0.25, -0.2) is 18.6 Å². The summed E-state index contributed by atoms with van der Waals surface area (Å²) < 4.78 is 27.9. The first-order chi connectivity index (χ1) is 11.5. The van der Waals surface area contributed by atoms with Gasteiger partial charge in [-0.15, -0.1) is 0 Å². The summed E-state index contributed by atoms with van der Waals surface area (Å²) in [5.74, 6) is -3.29. The van der Waals surface area contributed by atoms with Crippen LogP contribution in [-0.4, -0.2) is 45.1 Å². The molecule has 0 bridgehead atoms. The van der Waals surface area contributed by atoms with Crippen LogP contribution in [0.5, 0.6) is 0 Å². The number of imidazole rings is 1. The minimum atomic E-state index is -1.20. The molecule has 0 spiro atoms. The number of nitrogens with zero attached hydrogens (tertiary/aromatic N) is 2. The third-order valence-corrected chi connectivity index (χ3v) is 3.85. The summed E-state index contributed by atoms with van der Waals surface area (Å²) in [5, 5.41) is 10.9. The van der Waals surface area contributed by atoms with E-state index < -0.39 is 36.2 Å². The van der Waals surface area contributed by atoms with Gasteiger partial charge in [0.25, 0.3) is 0 Å². The number of carboxylic acids is 1. The Hall–Kier alpha value is -2.97. The number of rotatable bonds is 3. The van der Waals surface area contributed by atoms with Gasteiger partial charge in [-0.1, -0.05) is 12.1 Å². The van der Waals surface area contributed by atoms with Gasteiger partial charge < -0.3 is 20.3 Å². The predicted octanol–water partition coefficient (Wildman–Crippen LogP) is 1.43. The number of halogens is 2. The standard InChI is InChI=1S/C15H14F2N4O3/c16-9-3-1-2-8(12(9)17)14-13-10(19-7-20-13)4-5-21(14)15(24)18-6-11(22)23/h1-3,7,14H,4-6H2,(H,18,24)(H,19,20)(H,22,23). The van der Waals surface area contributed by atoms with Crippen LogP contribution in [-0.2, 0) is 11.2 Å². The Morgan fingerprint density at radius 3 is 2.96 bits per heavy atom. The SMILES string of the molecule is O=C(O)CNC(=O)N1CCc2[nH]cnc2C1c1cccc(F)c1F. The van der Waals surface area contributed by atoms with Gasteiger partial charge in [-0.2, -0.15) is 0 Å². The van der Waals surface area contributed by atoms with E-state index in [2.05, 4.69) is 15.3 Å². The summed E-state index contributed by atoms with van der Waals surface area (Å²) in [6, 6.07) is 2.10. The number of benzene rings is 1. The van der Waals surface area contributed by atoms with Crippen LogP contribution in [0.4, 0.5) is 13.6 Å². The van der Waals surface area contributed by atoms with E-state index in [1.165, 1.54) is 23.4 Å². The second kappa shape index (κ2) is 6.26. The molecule has 3 N–H and O–H groups in total. The van der Waals surface area contributed by atoms with E-state index in [0.717, 1.165) is 11.8 Å². The van der Waals surface area contributed by atoms with Crippen molar-refractivity contribution in [2.45, 2.75) is 12.5 Å². The van der Waals surface area contributed by atoms with Crippen LogP contribution in [0.25, 0.3) is 0 Å². The van der Waals surface area contributed by atoms with Gasteiger partial charge in [0.1, 0.15) is 12.6 Å². The summed E-state index contributed by atoms with van der Waals surface area (Å²) in [4.78, 5) is 31.3. The average Bonchev–Trinajstić information content (AvgIpc) is 3.03. The topological polar surface area (TPSA) is 98.3 Å². The molecule has 0 saturated heterocycles. The van der Waals surface area contributed by atoms with Crippen molar-refractivity contribution in [1.82, 2.24) is 20.2 Å². The third-order valence-electron chi connectivity index (χ3n) is 3.85. The number of hydrogen-bond donors (Lipinski definition) is 3. The van der Waals surface area contributed by atoms with Crippen LogP contribution in [0.1, 0.15) is 23.0 Å². The van der Waals surface area contributed by atoms with Gasteiger partial charge in [0.15, 0.2) is 11.6 Å². The first-order valence-electron chi connectivity index (χ1n) is 7.21. The molecule has 1 aliphatic heterocycles. The molecule has 1 aliphatic rings. The molecule has 2 heterocycles. The Morgan fingerprint density at radius 2 is 2.21 bits per heavy atom. The number of carbonyl (C=O) groups excluding carboxylic acids is 1. The molecule has 1 unspecified atom stereocenters. The van der Waals surface area contributed by atoms with Crippen molar-refractivity contribution in [3.8, 4) is 0 Å². The van der Waals surface area contributed by atoms with E-state index in [1.807, 2.05) is 0 Å². The maximum atomic E-state index is 14.3. The molecule has 2 amide bonds. The fourth-order valence-corrected chi connectivity index (χ4v) is 2.79. The van der Waals surface area contributed by atoms with Crippen molar-refractivity contribution >= 4 is 12.0 Å². The lowest BCUT2D eigenvalue weighted by molar-refractivity contribution is -0.135. The number of hydrogen-bond acceptors (Lipinski definition) is 3. The molecule has 24 heavy (non-hydrogen) atoms. The summed E-state index contributed by atoms with van der Waals surface area (Å²) in [7, 11) is 0. The number of aromatic amines is 1. The second-order valence-electron chi connectivity index (χ2n) is 5.31. The van der Waals surface area contributed by atoms with Crippen LogP contribution < -0.4 is 5.32 Å². The molecule has 0 aliphatic carbocycles. The molecule has 9 heteroatoms. The molecule has 1 atom stereocenters. The quantitative estimate of drug-likeness (QED) is 0.790. The van der Waals surface area contributed by atoms with Crippen LogP contribution in [0.2, 0.25) is 0 Å². The zero-order chi connectivity index (χ0) is 17.3. The van der Waals surface area contributed by atoms with Crippen molar-refractivity contribution < 1.29 is 23.5 Å². The number of urea groups is 1. The first-order valence-corrected chi connectivity index (χ1v) is 7.21. The van der Waals surface area contributed by atoms with Gasteiger partial charge in [0.2, 0.25) is 0 Å². The van der Waals surface area contributed by atoms with Crippen LogP contribution in [0, 0.1) is 11.6 Å². The highest BCUT2D eigenvalue weighted by molar-refractivity contribution is 5.80. The molecule has 0 saturated carbocycles. The van der Waals surface area contributed by atoms with E-state index >= 15 is 0 Å². The predicted molar refractivity (Wildman–Crippen MR) is 78.2 cm³/mol. The number of amides is 2. The minimum Gasteiger partial charge on any atom is -0.480 e. The molecule has 3 rings (SSSR count). The normalized spacial score (nSPS) is 16.6. The van der Waals surface area contributed by atoms with E-state index in [9.17, 15) is 18.4 Å². The zero-order valence-electron chi connectivity index (χ0n) is 12.4. The molecule has 7 nitrogen and oxygen atoms in total. The number of H-pyrrole nitrogens is 1. The van der Waals surface area contributed by atoms with Gasteiger partial charge in [-0.05, 0) is 6.07 Å². The van der Waals surface area contributed by atoms with Crippen LogP contribution in [0.15, 0.2) is 24.5 Å². The van der Waals surface area contributed by atoms with Gasteiger partial charge in [0, 0.05) is 24.2 Å². The molecular weight excluding hydrogens is 322 g/mol. The van der Waals surface area contributed by atoms with Gasteiger partial charge in [-0.3, -0.25) is 4.79 Å². The van der Waals surface area contributed by atoms with Crippen molar-refractivity contribution in [3.63, 3.8) is 0 Å². The Labute approximate surface area is 135 Å². The van der Waals surface area contributed by atoms with Crippen molar-refractivity contribution in [2.75, 3.05) is 13.1 Å². The number of carbonyl (C=O) groups is 2. The van der Waals surface area contributed by atoms with E-state index in [0.29, 0.717) is 12.1 Å². The van der Waals surface area contributed by atoms with Crippen molar-refractivity contribution in [3.05, 3.63) is 53.1 Å². The molecule has 1 aromatic heterocycles. The monoisotopic (exact) mass is 336 g/mol. The first kappa shape index (κ1) is 15.9. The van der Waals surface area contributed by atoms with Crippen molar-refractivity contribution in [2.24, 2.45) is 0 Å². The fourth-order valence-electron chi connectivity index (χ4n) is 2.79. The second-order valence-corrected chi connectivity index (χ2v) is 5.31. The molecule has 1 aromatic carbocycles. The highest BCUT2D eigenvalue weighted by Gasteiger charge is 2.36. The minimum absolute atomic E-state index is 0.0338. The lowest BCUT2D eigenvalue weighted by atomic mass is 9.95. The van der Waals surface area contributed by atoms with Crippen LogP contribution in [0.3, 0.4) is 0 Å². The number of aliphatic carboxylic acids is 1. The smallest absolute Gasteiger partial charge is 0.323 e. The summed E-state index contributed by atoms with van der Waals surface area (Å²) in [6.07, 6.45) is 1.87. The summed E-state index contributed by atoms with van der Waals surface area (Å²) in [6.45, 7) is -0.359. The Balaban J connectivity index is 2.01. The maximum Gasteiger partial charge on any atom is 0.323 e. The van der Waals surface area contributed by atoms with Gasteiger partial charge >= 0.3 is 12.0 Å². The number of nitrogens with one attached hydrogen (secondary N) is 2. The molecule has 0 fully saturated rings.